The van der Waals surface area contributed by atoms with E-state index >= 15 is 0 Å². The van der Waals surface area contributed by atoms with E-state index in [1.807, 2.05) is 30.3 Å². The van der Waals surface area contributed by atoms with Crippen LogP contribution in [0.1, 0.15) is 43.6 Å². The SMILES string of the molecule is CC(C)(C)c1ccc(C(O)Cc2cccc(F)c2)cc1. The van der Waals surface area contributed by atoms with Gasteiger partial charge in [0.2, 0.25) is 0 Å². The Balaban J connectivity index is 2.11. The highest BCUT2D eigenvalue weighted by atomic mass is 19.1. The summed E-state index contributed by atoms with van der Waals surface area (Å²) in [6.07, 6.45) is -0.182. The molecule has 1 atom stereocenters. The summed E-state index contributed by atoms with van der Waals surface area (Å²) in [6.45, 7) is 6.47. The molecule has 0 bridgehead atoms. The molecule has 0 aromatic heterocycles. The molecule has 0 saturated carbocycles. The molecule has 0 aliphatic rings. The quantitative estimate of drug-likeness (QED) is 0.878. The first-order valence-corrected chi connectivity index (χ1v) is 6.89. The zero-order valence-corrected chi connectivity index (χ0v) is 12.2. The minimum Gasteiger partial charge on any atom is -0.388 e. The average molecular weight is 272 g/mol. The van der Waals surface area contributed by atoms with Crippen LogP contribution in [0.5, 0.6) is 0 Å². The molecule has 0 heterocycles. The number of hydrogen-bond acceptors (Lipinski definition) is 1. The van der Waals surface area contributed by atoms with Crippen LogP contribution in [-0.2, 0) is 11.8 Å². The molecule has 2 aromatic carbocycles. The van der Waals surface area contributed by atoms with Crippen LogP contribution in [0.4, 0.5) is 4.39 Å². The molecule has 1 N–H and O–H groups in total. The highest BCUT2D eigenvalue weighted by Crippen LogP contribution is 2.25. The second kappa shape index (κ2) is 5.76. The predicted molar refractivity (Wildman–Crippen MR) is 80.2 cm³/mol. The zero-order chi connectivity index (χ0) is 14.8. The highest BCUT2D eigenvalue weighted by molar-refractivity contribution is 5.29. The second-order valence-corrected chi connectivity index (χ2v) is 6.22. The fraction of sp³-hybridized carbons (Fsp3) is 0.333. The molecule has 0 aliphatic carbocycles. The highest BCUT2D eigenvalue weighted by Gasteiger charge is 2.15. The Labute approximate surface area is 120 Å². The Morgan fingerprint density at radius 3 is 2.25 bits per heavy atom. The minimum absolute atomic E-state index is 0.103. The van der Waals surface area contributed by atoms with E-state index in [0.29, 0.717) is 6.42 Å². The number of halogens is 1. The van der Waals surface area contributed by atoms with Gasteiger partial charge < -0.3 is 5.11 Å². The third-order valence-corrected chi connectivity index (χ3v) is 3.48. The smallest absolute Gasteiger partial charge is 0.123 e. The zero-order valence-electron chi connectivity index (χ0n) is 12.2. The van der Waals surface area contributed by atoms with E-state index < -0.39 is 6.10 Å². The molecule has 0 radical (unpaired) electrons. The van der Waals surface area contributed by atoms with Gasteiger partial charge in [-0.2, -0.15) is 0 Å². The summed E-state index contributed by atoms with van der Waals surface area (Å²) in [4.78, 5) is 0. The molecule has 0 amide bonds. The van der Waals surface area contributed by atoms with Gasteiger partial charge in [-0.25, -0.2) is 4.39 Å². The van der Waals surface area contributed by atoms with Crippen LogP contribution in [-0.4, -0.2) is 5.11 Å². The molecular weight excluding hydrogens is 251 g/mol. The standard InChI is InChI=1S/C18H21FO/c1-18(2,3)15-9-7-14(8-10-15)17(20)12-13-5-4-6-16(19)11-13/h4-11,17,20H,12H2,1-3H3. The van der Waals surface area contributed by atoms with Crippen molar-refractivity contribution in [2.24, 2.45) is 0 Å². The predicted octanol–water partition coefficient (Wildman–Crippen LogP) is 4.40. The largest absolute Gasteiger partial charge is 0.388 e. The van der Waals surface area contributed by atoms with Crippen LogP contribution in [0.2, 0.25) is 0 Å². The molecule has 1 nitrogen and oxygen atoms in total. The summed E-state index contributed by atoms with van der Waals surface area (Å²) in [5.41, 5.74) is 3.00. The van der Waals surface area contributed by atoms with Crippen molar-refractivity contribution in [3.8, 4) is 0 Å². The summed E-state index contributed by atoms with van der Waals surface area (Å²) >= 11 is 0. The molecule has 0 spiro atoms. The van der Waals surface area contributed by atoms with Gasteiger partial charge in [0.25, 0.3) is 0 Å². The first-order chi connectivity index (χ1) is 9.36. The topological polar surface area (TPSA) is 20.2 Å². The summed E-state index contributed by atoms with van der Waals surface area (Å²) in [7, 11) is 0. The van der Waals surface area contributed by atoms with Gasteiger partial charge >= 0.3 is 0 Å². The third-order valence-electron chi connectivity index (χ3n) is 3.48. The van der Waals surface area contributed by atoms with Gasteiger partial charge in [-0.1, -0.05) is 57.2 Å². The minimum atomic E-state index is -0.606. The van der Waals surface area contributed by atoms with E-state index in [1.165, 1.54) is 17.7 Å². The Morgan fingerprint density at radius 2 is 1.70 bits per heavy atom. The van der Waals surface area contributed by atoms with Crippen molar-refractivity contribution in [2.45, 2.75) is 38.7 Å². The van der Waals surface area contributed by atoms with E-state index in [2.05, 4.69) is 20.8 Å². The number of aliphatic hydroxyl groups is 1. The van der Waals surface area contributed by atoms with Gasteiger partial charge in [0, 0.05) is 6.42 Å². The van der Waals surface area contributed by atoms with Crippen LogP contribution in [0.3, 0.4) is 0 Å². The third kappa shape index (κ3) is 3.67. The van der Waals surface area contributed by atoms with E-state index in [9.17, 15) is 9.50 Å². The number of benzene rings is 2. The van der Waals surface area contributed by atoms with E-state index in [-0.39, 0.29) is 11.2 Å². The number of aliphatic hydroxyl groups excluding tert-OH is 1. The molecular formula is C18H21FO. The number of hydrogen-bond donors (Lipinski definition) is 1. The Morgan fingerprint density at radius 1 is 1.05 bits per heavy atom. The molecule has 2 heteroatoms. The molecule has 0 saturated heterocycles. The molecule has 2 aromatic rings. The van der Waals surface area contributed by atoms with E-state index in [1.54, 1.807) is 6.07 Å². The lowest BCUT2D eigenvalue weighted by molar-refractivity contribution is 0.178. The summed E-state index contributed by atoms with van der Waals surface area (Å²) in [6, 6.07) is 14.4. The van der Waals surface area contributed by atoms with Crippen molar-refractivity contribution in [3.63, 3.8) is 0 Å². The summed E-state index contributed by atoms with van der Waals surface area (Å²) < 4.78 is 13.1. The Bertz CT molecular complexity index is 567. The monoisotopic (exact) mass is 272 g/mol. The lowest BCUT2D eigenvalue weighted by atomic mass is 9.86. The first-order valence-electron chi connectivity index (χ1n) is 6.89. The molecule has 106 valence electrons. The molecule has 0 fully saturated rings. The Hall–Kier alpha value is -1.67. The maximum absolute atomic E-state index is 13.1. The maximum Gasteiger partial charge on any atom is 0.123 e. The fourth-order valence-electron chi connectivity index (χ4n) is 2.21. The van der Waals surface area contributed by atoms with Crippen LogP contribution in [0.25, 0.3) is 0 Å². The van der Waals surface area contributed by atoms with Gasteiger partial charge in [-0.15, -0.1) is 0 Å². The first kappa shape index (κ1) is 14.7. The lowest BCUT2D eigenvalue weighted by Gasteiger charge is -2.20. The molecule has 0 aliphatic heterocycles. The van der Waals surface area contributed by atoms with E-state index in [0.717, 1.165) is 11.1 Å². The van der Waals surface area contributed by atoms with Gasteiger partial charge in [0.1, 0.15) is 5.82 Å². The number of rotatable bonds is 3. The molecule has 20 heavy (non-hydrogen) atoms. The van der Waals surface area contributed by atoms with Gasteiger partial charge in [-0.3, -0.25) is 0 Å². The van der Waals surface area contributed by atoms with Crippen molar-refractivity contribution in [1.82, 2.24) is 0 Å². The van der Waals surface area contributed by atoms with Gasteiger partial charge in [0.15, 0.2) is 0 Å². The Kier molecular flexibility index (Phi) is 4.24. The summed E-state index contributed by atoms with van der Waals surface area (Å²) in [5.74, 6) is -0.266. The average Bonchev–Trinajstić information content (AvgIpc) is 2.38. The molecule has 1 unspecified atom stereocenters. The summed E-state index contributed by atoms with van der Waals surface area (Å²) in [5, 5.41) is 10.2. The lowest BCUT2D eigenvalue weighted by Crippen LogP contribution is -2.11. The van der Waals surface area contributed by atoms with Crippen molar-refractivity contribution < 1.29 is 9.50 Å². The maximum atomic E-state index is 13.1. The van der Waals surface area contributed by atoms with Gasteiger partial charge in [-0.05, 0) is 34.2 Å². The van der Waals surface area contributed by atoms with Crippen LogP contribution in [0.15, 0.2) is 48.5 Å². The molecule has 2 rings (SSSR count). The van der Waals surface area contributed by atoms with Crippen LogP contribution < -0.4 is 0 Å². The van der Waals surface area contributed by atoms with Crippen LogP contribution in [0, 0.1) is 5.82 Å². The van der Waals surface area contributed by atoms with Crippen LogP contribution >= 0.6 is 0 Å². The van der Waals surface area contributed by atoms with Gasteiger partial charge in [0.05, 0.1) is 6.10 Å². The van der Waals surface area contributed by atoms with Crippen molar-refractivity contribution in [3.05, 3.63) is 71.0 Å². The van der Waals surface area contributed by atoms with E-state index in [4.69, 9.17) is 0 Å². The second-order valence-electron chi connectivity index (χ2n) is 6.22. The fourth-order valence-corrected chi connectivity index (χ4v) is 2.21. The van der Waals surface area contributed by atoms with Crippen molar-refractivity contribution in [1.29, 1.82) is 0 Å². The normalized spacial score (nSPS) is 13.2. The van der Waals surface area contributed by atoms with Crippen molar-refractivity contribution in [2.75, 3.05) is 0 Å². The van der Waals surface area contributed by atoms with Crippen molar-refractivity contribution >= 4 is 0 Å².